The van der Waals surface area contributed by atoms with Crippen LogP contribution in [0.5, 0.6) is 11.5 Å². The molecule has 4 aromatic rings. The Morgan fingerprint density at radius 1 is 1.07 bits per heavy atom. The van der Waals surface area contributed by atoms with Gasteiger partial charge in [0.1, 0.15) is 23.5 Å². The lowest BCUT2D eigenvalue weighted by atomic mass is 10.0. The number of ether oxygens (including phenoxy) is 2. The van der Waals surface area contributed by atoms with Gasteiger partial charge in [0.05, 0.1) is 48.5 Å². The number of imide groups is 2. The van der Waals surface area contributed by atoms with Crippen molar-refractivity contribution in [2.45, 2.75) is 70.6 Å². The number of carbonyl (C=O) groups excluding carboxylic acids is 5. The summed E-state index contributed by atoms with van der Waals surface area (Å²) in [6.07, 6.45) is -4.16. The number of carbonyl (C=O) groups is 5. The highest BCUT2D eigenvalue weighted by Gasteiger charge is 2.46. The molecule has 1 saturated carbocycles. The van der Waals surface area contributed by atoms with Crippen LogP contribution >= 0.6 is 0 Å². The Kier molecular flexibility index (Phi) is 11.5. The highest BCUT2D eigenvalue weighted by Crippen LogP contribution is 2.47. The number of halogens is 4. The number of hydrogen-bond donors (Lipinski definition) is 3. The number of benzene rings is 3. The highest BCUT2D eigenvalue weighted by atomic mass is 19.4. The third kappa shape index (κ3) is 8.88. The molecule has 3 aromatic carbocycles. The fraction of sp³-hybridized carbons (Fsp3) is 0.405. The number of nitrogens with one attached hydrogen (secondary N) is 3. The smallest absolute Gasteiger partial charge is 0.393 e. The first kappa shape index (κ1) is 42.0. The largest absolute Gasteiger partial charge is 0.493 e. The summed E-state index contributed by atoms with van der Waals surface area (Å²) in [5.41, 5.74) is 0.0959. The first-order valence-electron chi connectivity index (χ1n) is 19.4. The molecule has 0 bridgehead atoms. The Balaban J connectivity index is 0.979. The SMILES string of the molecule is COc1cc2nc(C)nc(N[C@H](C)c3cccc(CC(F)(F)F)c3F)c2cc1OCC1(CN(C)CCC(=O)Nc2cccc3c2C(=O)N(C2CCC(=O)NC2=O)C3=O)CC1. The third-order valence-electron chi connectivity index (χ3n) is 11.0. The number of nitrogens with zero attached hydrogens (tertiary/aromatic N) is 4. The summed E-state index contributed by atoms with van der Waals surface area (Å²) >= 11 is 0. The monoisotopic (exact) mass is 833 g/mol. The first-order chi connectivity index (χ1) is 28.5. The number of hydrogen-bond acceptors (Lipinski definition) is 11. The minimum absolute atomic E-state index is 0.00486. The van der Waals surface area contributed by atoms with Crippen molar-refractivity contribution >= 4 is 51.9 Å². The molecule has 7 rings (SSSR count). The molecule has 2 atom stereocenters. The molecule has 1 unspecified atom stereocenters. The standard InChI is InChI=1S/C42H43F4N7O7/c1-22(25-8-5-7-24(36(25)43)19-42(44,45)46)47-37-27-17-32(31(59-4)18-29(27)48-23(2)49-37)60-21-41(14-15-41)20-52(3)16-13-34(55)50-28-10-6-9-26-35(28)40(58)53(39(26)57)30-11-12-33(54)51-38(30)56/h5-10,17-18,22,30H,11-16,19-21H2,1-4H3,(H,50,55)(H,47,48,49)(H,51,54,56)/t22-,30?/m1/s1. The number of aromatic nitrogens is 2. The maximum absolute atomic E-state index is 15.3. The van der Waals surface area contributed by atoms with Gasteiger partial charge >= 0.3 is 6.18 Å². The zero-order valence-corrected chi connectivity index (χ0v) is 33.3. The van der Waals surface area contributed by atoms with Gasteiger partial charge in [0.25, 0.3) is 11.8 Å². The van der Waals surface area contributed by atoms with Gasteiger partial charge in [-0.25, -0.2) is 14.4 Å². The van der Waals surface area contributed by atoms with Crippen molar-refractivity contribution in [1.29, 1.82) is 0 Å². The minimum atomic E-state index is -4.57. The molecule has 3 N–H and O–H groups in total. The predicted octanol–water partition coefficient (Wildman–Crippen LogP) is 5.88. The van der Waals surface area contributed by atoms with Crippen LogP contribution in [-0.4, -0.2) is 95.4 Å². The number of rotatable bonds is 15. The van der Waals surface area contributed by atoms with Gasteiger partial charge < -0.3 is 25.0 Å². The average molecular weight is 834 g/mol. The van der Waals surface area contributed by atoms with E-state index in [2.05, 4.69) is 25.9 Å². The molecule has 2 aliphatic heterocycles. The molecule has 1 aromatic heterocycles. The van der Waals surface area contributed by atoms with Crippen LogP contribution in [0.3, 0.4) is 0 Å². The molecule has 3 heterocycles. The lowest BCUT2D eigenvalue weighted by Crippen LogP contribution is -2.54. The van der Waals surface area contributed by atoms with E-state index in [4.69, 9.17) is 9.47 Å². The number of piperidine rings is 1. The van der Waals surface area contributed by atoms with Crippen LogP contribution in [-0.2, 0) is 20.8 Å². The lowest BCUT2D eigenvalue weighted by Gasteiger charge is -2.27. The summed E-state index contributed by atoms with van der Waals surface area (Å²) < 4.78 is 66.6. The summed E-state index contributed by atoms with van der Waals surface area (Å²) in [6, 6.07) is 9.98. The van der Waals surface area contributed by atoms with Crippen LogP contribution in [0.25, 0.3) is 10.9 Å². The normalized spacial score (nSPS) is 17.8. The molecule has 0 spiro atoms. The molecule has 1 aliphatic carbocycles. The van der Waals surface area contributed by atoms with Gasteiger partial charge in [0.15, 0.2) is 11.5 Å². The van der Waals surface area contributed by atoms with Gasteiger partial charge in [-0.15, -0.1) is 0 Å². The first-order valence-corrected chi connectivity index (χ1v) is 19.4. The second-order valence-electron chi connectivity index (χ2n) is 15.6. The van der Waals surface area contributed by atoms with Crippen LogP contribution in [0, 0.1) is 18.2 Å². The van der Waals surface area contributed by atoms with Crippen molar-refractivity contribution in [3.63, 3.8) is 0 Å². The van der Waals surface area contributed by atoms with E-state index >= 15 is 4.39 Å². The zero-order chi connectivity index (χ0) is 43.1. The molecular weight excluding hydrogens is 790 g/mol. The van der Waals surface area contributed by atoms with Crippen molar-refractivity contribution in [3.05, 3.63) is 82.4 Å². The van der Waals surface area contributed by atoms with Crippen molar-refractivity contribution in [2.24, 2.45) is 5.41 Å². The molecule has 60 heavy (non-hydrogen) atoms. The fourth-order valence-corrected chi connectivity index (χ4v) is 7.74. The Hall–Kier alpha value is -6.17. The van der Waals surface area contributed by atoms with Gasteiger partial charge in [-0.2, -0.15) is 13.2 Å². The second kappa shape index (κ2) is 16.5. The Morgan fingerprint density at radius 3 is 2.52 bits per heavy atom. The molecule has 14 nitrogen and oxygen atoms in total. The van der Waals surface area contributed by atoms with Crippen LogP contribution in [0.1, 0.15) is 82.7 Å². The van der Waals surface area contributed by atoms with Gasteiger partial charge in [-0.05, 0) is 63.9 Å². The van der Waals surface area contributed by atoms with Crippen LogP contribution in [0.4, 0.5) is 29.1 Å². The van der Waals surface area contributed by atoms with E-state index in [1.165, 1.54) is 31.4 Å². The quantitative estimate of drug-likeness (QED) is 0.0965. The molecule has 1 saturated heterocycles. The molecule has 3 aliphatic rings. The van der Waals surface area contributed by atoms with Crippen LogP contribution in [0.2, 0.25) is 0 Å². The van der Waals surface area contributed by atoms with Crippen molar-refractivity contribution in [2.75, 3.05) is 44.5 Å². The summed E-state index contributed by atoms with van der Waals surface area (Å²) in [5.74, 6) is -2.36. The highest BCUT2D eigenvalue weighted by molar-refractivity contribution is 6.26. The lowest BCUT2D eigenvalue weighted by molar-refractivity contribution is -0.136. The maximum Gasteiger partial charge on any atom is 0.393 e. The number of methoxy groups -OCH3 is 1. The van der Waals surface area contributed by atoms with Crippen LogP contribution < -0.4 is 25.4 Å². The number of aryl methyl sites for hydroxylation is 1. The second-order valence-corrected chi connectivity index (χ2v) is 15.6. The number of amides is 5. The summed E-state index contributed by atoms with van der Waals surface area (Å²) in [7, 11) is 3.38. The van der Waals surface area contributed by atoms with E-state index in [1.807, 2.05) is 11.9 Å². The van der Waals surface area contributed by atoms with Gasteiger partial charge in [-0.1, -0.05) is 24.3 Å². The topological polar surface area (TPSA) is 172 Å². The average Bonchev–Trinajstić information content (AvgIpc) is 3.90. The fourth-order valence-electron chi connectivity index (χ4n) is 7.74. The van der Waals surface area contributed by atoms with Crippen molar-refractivity contribution < 1.29 is 51.0 Å². The molecule has 18 heteroatoms. The van der Waals surface area contributed by atoms with Crippen LogP contribution in [0.15, 0.2) is 48.5 Å². The Morgan fingerprint density at radius 2 is 1.82 bits per heavy atom. The molecular formula is C42H43F4N7O7. The van der Waals surface area contributed by atoms with Gasteiger partial charge in [0, 0.05) is 48.4 Å². The summed E-state index contributed by atoms with van der Waals surface area (Å²) in [4.78, 5) is 75.8. The molecule has 5 amide bonds. The van der Waals surface area contributed by atoms with E-state index in [9.17, 15) is 37.1 Å². The maximum atomic E-state index is 15.3. The molecule has 316 valence electrons. The predicted molar refractivity (Wildman–Crippen MR) is 210 cm³/mol. The Labute approximate surface area is 342 Å². The van der Waals surface area contributed by atoms with Crippen molar-refractivity contribution in [3.8, 4) is 11.5 Å². The van der Waals surface area contributed by atoms with E-state index in [-0.39, 0.29) is 53.0 Å². The van der Waals surface area contributed by atoms with Gasteiger partial charge in [0.2, 0.25) is 17.7 Å². The van der Waals surface area contributed by atoms with E-state index < -0.39 is 59.7 Å². The summed E-state index contributed by atoms with van der Waals surface area (Å²) in [5, 5.41) is 8.60. The number of fused-ring (bicyclic) bond motifs is 2. The van der Waals surface area contributed by atoms with E-state index in [1.54, 1.807) is 32.0 Å². The number of alkyl halides is 3. The summed E-state index contributed by atoms with van der Waals surface area (Å²) in [6.45, 7) is 4.58. The molecule has 0 radical (unpaired) electrons. The van der Waals surface area contributed by atoms with Gasteiger partial charge in [-0.3, -0.25) is 34.2 Å². The van der Waals surface area contributed by atoms with E-state index in [0.717, 1.165) is 23.8 Å². The zero-order valence-electron chi connectivity index (χ0n) is 33.3. The number of anilines is 2. The van der Waals surface area contributed by atoms with Crippen molar-refractivity contribution in [1.82, 2.24) is 25.1 Å². The minimum Gasteiger partial charge on any atom is -0.493 e. The molecule has 2 fully saturated rings. The Bertz CT molecular complexity index is 2400. The third-order valence-corrected chi connectivity index (χ3v) is 11.0. The van der Waals surface area contributed by atoms with E-state index in [0.29, 0.717) is 53.7 Å².